The van der Waals surface area contributed by atoms with E-state index in [-0.39, 0.29) is 18.6 Å². The predicted molar refractivity (Wildman–Crippen MR) is 105 cm³/mol. The molecule has 154 valence electrons. The smallest absolute Gasteiger partial charge is 0.333 e. The molecule has 1 fully saturated rings. The normalized spacial score (nSPS) is 18.0. The van der Waals surface area contributed by atoms with Crippen LogP contribution in [0.5, 0.6) is 5.75 Å². The van der Waals surface area contributed by atoms with Gasteiger partial charge < -0.3 is 19.7 Å². The molecule has 1 N–H and O–H groups in total. The molecule has 1 amide bonds. The summed E-state index contributed by atoms with van der Waals surface area (Å²) in [7, 11) is 1.59. The van der Waals surface area contributed by atoms with Gasteiger partial charge in [0.25, 0.3) is 0 Å². The zero-order valence-electron chi connectivity index (χ0n) is 16.2. The van der Waals surface area contributed by atoms with Gasteiger partial charge in [0, 0.05) is 31.9 Å². The Bertz CT molecular complexity index is 1010. The Balaban J connectivity index is 1.55. The third kappa shape index (κ3) is 3.88. The lowest BCUT2D eigenvalue weighted by atomic mass is 10.2. The van der Waals surface area contributed by atoms with Gasteiger partial charge in [-0.1, -0.05) is 0 Å². The standard InChI is InChI=1S/C19H23N5O5/c1-28-14-6-4-13(5-7-14)22-8-9-23-17(26)18(27)24(21-19(22)23)12-16(25)20-11-15-3-2-10-29-15/h4-7,15H,2-3,8-12H2,1H3,(H,20,25)/t15-/m0/s1. The van der Waals surface area contributed by atoms with E-state index < -0.39 is 11.1 Å². The number of nitrogens with one attached hydrogen (secondary N) is 1. The Hall–Kier alpha value is -3.14. The molecular weight excluding hydrogens is 378 g/mol. The maximum absolute atomic E-state index is 12.5. The molecule has 0 unspecified atom stereocenters. The SMILES string of the molecule is COc1ccc(N2CCn3c2nn(CC(=O)NC[C@@H]2CCCO2)c(=O)c3=O)cc1. The van der Waals surface area contributed by atoms with Gasteiger partial charge >= 0.3 is 11.1 Å². The molecule has 2 aliphatic rings. The van der Waals surface area contributed by atoms with Crippen molar-refractivity contribution in [3.8, 4) is 5.75 Å². The van der Waals surface area contributed by atoms with Gasteiger partial charge in [-0.15, -0.1) is 5.10 Å². The minimum absolute atomic E-state index is 0.000148. The van der Waals surface area contributed by atoms with E-state index in [0.29, 0.717) is 37.9 Å². The number of methoxy groups -OCH3 is 1. The lowest BCUT2D eigenvalue weighted by Crippen LogP contribution is -2.45. The van der Waals surface area contributed by atoms with Gasteiger partial charge in [-0.2, -0.15) is 0 Å². The van der Waals surface area contributed by atoms with Gasteiger partial charge in [-0.05, 0) is 37.1 Å². The molecule has 0 spiro atoms. The molecule has 4 rings (SSSR count). The van der Waals surface area contributed by atoms with Crippen LogP contribution in [0.2, 0.25) is 0 Å². The molecule has 0 aliphatic carbocycles. The van der Waals surface area contributed by atoms with E-state index in [9.17, 15) is 14.4 Å². The van der Waals surface area contributed by atoms with E-state index in [2.05, 4.69) is 10.4 Å². The summed E-state index contributed by atoms with van der Waals surface area (Å²) in [5.74, 6) is 0.673. The van der Waals surface area contributed by atoms with E-state index >= 15 is 0 Å². The number of anilines is 2. The summed E-state index contributed by atoms with van der Waals surface area (Å²) >= 11 is 0. The van der Waals surface area contributed by atoms with Crippen molar-refractivity contribution in [2.45, 2.75) is 32.0 Å². The molecule has 10 heteroatoms. The zero-order chi connectivity index (χ0) is 20.4. The highest BCUT2D eigenvalue weighted by molar-refractivity contribution is 5.75. The molecule has 3 heterocycles. The van der Waals surface area contributed by atoms with E-state index in [1.165, 1.54) is 4.57 Å². The number of carbonyl (C=O) groups is 1. The van der Waals surface area contributed by atoms with Crippen LogP contribution in [-0.4, -0.2) is 53.2 Å². The Morgan fingerprint density at radius 1 is 1.24 bits per heavy atom. The second-order valence-electron chi connectivity index (χ2n) is 7.01. The Morgan fingerprint density at radius 3 is 2.72 bits per heavy atom. The Morgan fingerprint density at radius 2 is 2.03 bits per heavy atom. The zero-order valence-corrected chi connectivity index (χ0v) is 16.2. The number of aromatic nitrogens is 3. The number of benzene rings is 1. The minimum atomic E-state index is -0.808. The van der Waals surface area contributed by atoms with Crippen LogP contribution in [0.4, 0.5) is 11.6 Å². The van der Waals surface area contributed by atoms with Gasteiger partial charge in [0.05, 0.1) is 13.2 Å². The number of fused-ring (bicyclic) bond motifs is 1. The van der Waals surface area contributed by atoms with Crippen molar-refractivity contribution >= 4 is 17.5 Å². The van der Waals surface area contributed by atoms with E-state index in [1.807, 2.05) is 29.2 Å². The summed E-state index contributed by atoms with van der Waals surface area (Å²) in [5, 5.41) is 7.05. The summed E-state index contributed by atoms with van der Waals surface area (Å²) in [4.78, 5) is 39.0. The molecule has 1 atom stereocenters. The van der Waals surface area contributed by atoms with Crippen molar-refractivity contribution in [2.24, 2.45) is 0 Å². The molecule has 1 saturated heterocycles. The van der Waals surface area contributed by atoms with E-state index in [4.69, 9.17) is 9.47 Å². The van der Waals surface area contributed by atoms with Crippen molar-refractivity contribution in [3.63, 3.8) is 0 Å². The van der Waals surface area contributed by atoms with E-state index in [0.717, 1.165) is 23.2 Å². The van der Waals surface area contributed by atoms with Crippen LogP contribution < -0.4 is 26.1 Å². The molecule has 1 aromatic carbocycles. The molecule has 1 aromatic heterocycles. The maximum atomic E-state index is 12.5. The third-order valence-electron chi connectivity index (χ3n) is 5.13. The Labute approximate surface area is 166 Å². The summed E-state index contributed by atoms with van der Waals surface area (Å²) < 4.78 is 12.9. The van der Waals surface area contributed by atoms with Gasteiger partial charge in [0.1, 0.15) is 12.3 Å². The number of rotatable bonds is 6. The van der Waals surface area contributed by atoms with Crippen LogP contribution in [0.1, 0.15) is 12.8 Å². The van der Waals surface area contributed by atoms with Crippen molar-refractivity contribution < 1.29 is 14.3 Å². The number of hydrogen-bond acceptors (Lipinski definition) is 7. The average Bonchev–Trinajstić information content (AvgIpc) is 3.40. The first-order valence-corrected chi connectivity index (χ1v) is 9.58. The lowest BCUT2D eigenvalue weighted by Gasteiger charge is -2.18. The number of hydrogen-bond donors (Lipinski definition) is 1. The number of amides is 1. The number of nitrogens with zero attached hydrogens (tertiary/aromatic N) is 4. The van der Waals surface area contributed by atoms with Crippen LogP contribution in [-0.2, 0) is 22.6 Å². The van der Waals surface area contributed by atoms with Crippen molar-refractivity contribution in [1.29, 1.82) is 0 Å². The number of ether oxygens (including phenoxy) is 2. The third-order valence-corrected chi connectivity index (χ3v) is 5.13. The van der Waals surface area contributed by atoms with Crippen molar-refractivity contribution in [2.75, 3.05) is 31.7 Å². The van der Waals surface area contributed by atoms with Crippen molar-refractivity contribution in [1.82, 2.24) is 19.7 Å². The molecule has 2 aromatic rings. The topological polar surface area (TPSA) is 108 Å². The average molecular weight is 401 g/mol. The highest BCUT2D eigenvalue weighted by Crippen LogP contribution is 2.27. The fraction of sp³-hybridized carbons (Fsp3) is 0.474. The first-order valence-electron chi connectivity index (χ1n) is 9.58. The predicted octanol–water partition coefficient (Wildman–Crippen LogP) is -0.139. The summed E-state index contributed by atoms with van der Waals surface area (Å²) in [6.45, 7) is 1.63. The fourth-order valence-electron chi connectivity index (χ4n) is 3.56. The highest BCUT2D eigenvalue weighted by Gasteiger charge is 2.26. The maximum Gasteiger partial charge on any atom is 0.333 e. The quantitative estimate of drug-likeness (QED) is 0.672. The summed E-state index contributed by atoms with van der Waals surface area (Å²) in [6.07, 6.45) is 1.87. The molecule has 0 radical (unpaired) electrons. The lowest BCUT2D eigenvalue weighted by molar-refractivity contribution is -0.122. The van der Waals surface area contributed by atoms with Crippen LogP contribution in [0.15, 0.2) is 33.9 Å². The second kappa shape index (κ2) is 8.08. The van der Waals surface area contributed by atoms with Crippen molar-refractivity contribution in [3.05, 3.63) is 45.0 Å². The summed E-state index contributed by atoms with van der Waals surface area (Å²) in [6, 6.07) is 7.32. The van der Waals surface area contributed by atoms with Gasteiger partial charge in [-0.3, -0.25) is 19.0 Å². The molecule has 29 heavy (non-hydrogen) atoms. The van der Waals surface area contributed by atoms with Crippen LogP contribution in [0.3, 0.4) is 0 Å². The van der Waals surface area contributed by atoms with Gasteiger partial charge in [0.15, 0.2) is 0 Å². The molecule has 10 nitrogen and oxygen atoms in total. The Kier molecular flexibility index (Phi) is 5.34. The largest absolute Gasteiger partial charge is 0.497 e. The molecule has 0 bridgehead atoms. The highest BCUT2D eigenvalue weighted by atomic mass is 16.5. The number of carbonyl (C=O) groups excluding carboxylic acids is 1. The summed E-state index contributed by atoms with van der Waals surface area (Å²) in [5.41, 5.74) is -0.674. The van der Waals surface area contributed by atoms with E-state index in [1.54, 1.807) is 7.11 Å². The minimum Gasteiger partial charge on any atom is -0.497 e. The molecule has 2 aliphatic heterocycles. The monoisotopic (exact) mass is 401 g/mol. The first-order chi connectivity index (χ1) is 14.1. The van der Waals surface area contributed by atoms with Crippen LogP contribution >= 0.6 is 0 Å². The van der Waals surface area contributed by atoms with Gasteiger partial charge in [0.2, 0.25) is 11.9 Å². The second-order valence-corrected chi connectivity index (χ2v) is 7.01. The van der Waals surface area contributed by atoms with Crippen LogP contribution in [0, 0.1) is 0 Å². The van der Waals surface area contributed by atoms with Gasteiger partial charge in [-0.25, -0.2) is 4.68 Å². The van der Waals surface area contributed by atoms with Crippen LogP contribution in [0.25, 0.3) is 0 Å². The molecule has 0 saturated carbocycles. The molecular formula is C19H23N5O5. The fourth-order valence-corrected chi connectivity index (χ4v) is 3.56. The first kappa shape index (κ1) is 19.2.